The molecule has 0 saturated carbocycles. The van der Waals surface area contributed by atoms with Gasteiger partial charge in [0.25, 0.3) is 5.91 Å². The topological polar surface area (TPSA) is 128 Å². The standard InChI is InChI=1S/C20H21N5O5S/c26-18-13-24(11-9-21-18)31(29,30)17-7-1-14(2-8-17)19(27)23-15-3-5-16(6-4-15)25-12-10-22-20(25)28/h1-8H,9-13H2,(H,21,26)(H,22,28)(H,23,27). The minimum atomic E-state index is -3.81. The lowest BCUT2D eigenvalue weighted by Crippen LogP contribution is -2.49. The second-order valence-electron chi connectivity index (χ2n) is 7.10. The first-order valence-electron chi connectivity index (χ1n) is 9.68. The lowest BCUT2D eigenvalue weighted by atomic mass is 10.2. The van der Waals surface area contributed by atoms with Gasteiger partial charge in [-0.15, -0.1) is 0 Å². The molecular formula is C20H21N5O5S. The Bertz CT molecular complexity index is 1120. The first-order chi connectivity index (χ1) is 14.8. The predicted octanol–water partition coefficient (Wildman–Crippen LogP) is 0.589. The van der Waals surface area contributed by atoms with E-state index in [2.05, 4.69) is 16.0 Å². The molecule has 2 aromatic rings. The molecule has 3 N–H and O–H groups in total. The van der Waals surface area contributed by atoms with E-state index in [0.29, 0.717) is 24.3 Å². The van der Waals surface area contributed by atoms with E-state index in [4.69, 9.17) is 0 Å². The van der Waals surface area contributed by atoms with E-state index >= 15 is 0 Å². The molecule has 11 heteroatoms. The summed E-state index contributed by atoms with van der Waals surface area (Å²) in [6.45, 7) is 1.42. The van der Waals surface area contributed by atoms with E-state index in [0.717, 1.165) is 9.99 Å². The average Bonchev–Trinajstić information content (AvgIpc) is 3.20. The van der Waals surface area contributed by atoms with Gasteiger partial charge in [0, 0.05) is 43.1 Å². The molecule has 0 radical (unpaired) electrons. The predicted molar refractivity (Wildman–Crippen MR) is 113 cm³/mol. The summed E-state index contributed by atoms with van der Waals surface area (Å²) < 4.78 is 26.5. The molecule has 2 aromatic carbocycles. The van der Waals surface area contributed by atoms with E-state index in [1.165, 1.54) is 24.3 Å². The third-order valence-electron chi connectivity index (χ3n) is 5.05. The Morgan fingerprint density at radius 1 is 0.903 bits per heavy atom. The number of hydrogen-bond acceptors (Lipinski definition) is 5. The molecule has 0 aromatic heterocycles. The summed E-state index contributed by atoms with van der Waals surface area (Å²) in [5.74, 6) is -0.741. The molecule has 0 spiro atoms. The number of anilines is 2. The number of benzene rings is 2. The van der Waals surface area contributed by atoms with Crippen LogP contribution in [0, 0.1) is 0 Å². The van der Waals surface area contributed by atoms with Crippen LogP contribution in [0.5, 0.6) is 0 Å². The highest BCUT2D eigenvalue weighted by Gasteiger charge is 2.29. The summed E-state index contributed by atoms with van der Waals surface area (Å²) in [6, 6.07) is 12.3. The number of amides is 4. The summed E-state index contributed by atoms with van der Waals surface area (Å²) in [7, 11) is -3.81. The van der Waals surface area contributed by atoms with Gasteiger partial charge in [-0.3, -0.25) is 14.5 Å². The van der Waals surface area contributed by atoms with Crippen molar-refractivity contribution in [1.82, 2.24) is 14.9 Å². The molecule has 2 saturated heterocycles. The lowest BCUT2D eigenvalue weighted by molar-refractivity contribution is -0.122. The van der Waals surface area contributed by atoms with Gasteiger partial charge in [-0.1, -0.05) is 0 Å². The zero-order valence-electron chi connectivity index (χ0n) is 16.5. The van der Waals surface area contributed by atoms with Crippen molar-refractivity contribution in [2.24, 2.45) is 0 Å². The number of nitrogens with one attached hydrogen (secondary N) is 3. The number of carbonyl (C=O) groups excluding carboxylic acids is 3. The second-order valence-corrected chi connectivity index (χ2v) is 9.04. The average molecular weight is 443 g/mol. The van der Waals surface area contributed by atoms with Gasteiger partial charge in [-0.2, -0.15) is 4.31 Å². The van der Waals surface area contributed by atoms with Crippen molar-refractivity contribution in [3.05, 3.63) is 54.1 Å². The fraction of sp³-hybridized carbons (Fsp3) is 0.250. The fourth-order valence-electron chi connectivity index (χ4n) is 3.39. The first-order valence-corrected chi connectivity index (χ1v) is 11.1. The van der Waals surface area contributed by atoms with Crippen LogP contribution in [0.3, 0.4) is 0 Å². The smallest absolute Gasteiger partial charge is 0.321 e. The SMILES string of the molecule is O=C1CN(S(=O)(=O)c2ccc(C(=O)Nc3ccc(N4CCNC4=O)cc3)cc2)CCN1. The monoisotopic (exact) mass is 443 g/mol. The molecule has 4 rings (SSSR count). The van der Waals surface area contributed by atoms with Gasteiger partial charge >= 0.3 is 6.03 Å². The Morgan fingerprint density at radius 3 is 2.19 bits per heavy atom. The van der Waals surface area contributed by atoms with E-state index in [1.807, 2.05) is 0 Å². The highest BCUT2D eigenvalue weighted by molar-refractivity contribution is 7.89. The molecule has 2 aliphatic heterocycles. The highest BCUT2D eigenvalue weighted by atomic mass is 32.2. The van der Waals surface area contributed by atoms with Crippen LogP contribution < -0.4 is 20.9 Å². The third-order valence-corrected chi connectivity index (χ3v) is 6.91. The molecule has 0 atom stereocenters. The van der Waals surface area contributed by atoms with Crippen LogP contribution in [-0.4, -0.2) is 63.3 Å². The van der Waals surface area contributed by atoms with Gasteiger partial charge < -0.3 is 16.0 Å². The summed E-state index contributed by atoms with van der Waals surface area (Å²) in [6.07, 6.45) is 0. The van der Waals surface area contributed by atoms with Crippen LogP contribution in [0.4, 0.5) is 16.2 Å². The lowest BCUT2D eigenvalue weighted by Gasteiger charge is -2.25. The molecule has 2 heterocycles. The van der Waals surface area contributed by atoms with Crippen LogP contribution in [0.1, 0.15) is 10.4 Å². The summed E-state index contributed by atoms with van der Waals surface area (Å²) >= 11 is 0. The minimum absolute atomic E-state index is 0.0204. The van der Waals surface area contributed by atoms with Crippen molar-refractivity contribution in [3.8, 4) is 0 Å². The molecule has 0 aliphatic carbocycles. The van der Waals surface area contributed by atoms with Crippen LogP contribution in [0.15, 0.2) is 53.4 Å². The number of sulfonamides is 1. The molecule has 0 bridgehead atoms. The summed E-state index contributed by atoms with van der Waals surface area (Å²) in [5, 5.41) is 8.05. The Balaban J connectivity index is 1.42. The summed E-state index contributed by atoms with van der Waals surface area (Å²) in [4.78, 5) is 37.3. The summed E-state index contributed by atoms with van der Waals surface area (Å²) in [5.41, 5.74) is 1.57. The van der Waals surface area contributed by atoms with Gasteiger partial charge in [0.05, 0.1) is 11.4 Å². The molecule has 31 heavy (non-hydrogen) atoms. The van der Waals surface area contributed by atoms with Crippen LogP contribution in [0.2, 0.25) is 0 Å². The van der Waals surface area contributed by atoms with E-state index in [-0.39, 0.29) is 36.5 Å². The number of urea groups is 1. The largest absolute Gasteiger partial charge is 0.354 e. The van der Waals surface area contributed by atoms with E-state index < -0.39 is 15.9 Å². The maximum atomic E-state index is 12.7. The number of carbonyl (C=O) groups is 3. The second kappa shape index (κ2) is 8.36. The fourth-order valence-corrected chi connectivity index (χ4v) is 4.79. The molecule has 162 valence electrons. The number of hydrogen-bond donors (Lipinski definition) is 3. The van der Waals surface area contributed by atoms with Gasteiger partial charge in [0.1, 0.15) is 0 Å². The van der Waals surface area contributed by atoms with Crippen molar-refractivity contribution in [2.45, 2.75) is 4.90 Å². The third kappa shape index (κ3) is 4.37. The zero-order chi connectivity index (χ0) is 22.0. The van der Waals surface area contributed by atoms with Crippen LogP contribution in [-0.2, 0) is 14.8 Å². The van der Waals surface area contributed by atoms with Crippen molar-refractivity contribution in [3.63, 3.8) is 0 Å². The Morgan fingerprint density at radius 2 is 1.58 bits per heavy atom. The Labute approximate surface area is 179 Å². The van der Waals surface area contributed by atoms with Crippen molar-refractivity contribution < 1.29 is 22.8 Å². The van der Waals surface area contributed by atoms with Crippen molar-refractivity contribution >= 4 is 39.2 Å². The van der Waals surface area contributed by atoms with Crippen LogP contribution >= 0.6 is 0 Å². The molecule has 2 aliphatic rings. The van der Waals surface area contributed by atoms with E-state index in [9.17, 15) is 22.8 Å². The number of piperazine rings is 1. The molecule has 10 nitrogen and oxygen atoms in total. The maximum Gasteiger partial charge on any atom is 0.321 e. The van der Waals surface area contributed by atoms with Gasteiger partial charge in [0.15, 0.2) is 0 Å². The quantitative estimate of drug-likeness (QED) is 0.623. The highest BCUT2D eigenvalue weighted by Crippen LogP contribution is 2.21. The minimum Gasteiger partial charge on any atom is -0.354 e. The van der Waals surface area contributed by atoms with Crippen molar-refractivity contribution in [2.75, 3.05) is 42.9 Å². The molecular weight excluding hydrogens is 422 g/mol. The maximum absolute atomic E-state index is 12.7. The molecule has 2 fully saturated rings. The number of rotatable bonds is 5. The Hall–Kier alpha value is -3.44. The first kappa shape index (κ1) is 20.8. The van der Waals surface area contributed by atoms with Crippen LogP contribution in [0.25, 0.3) is 0 Å². The van der Waals surface area contributed by atoms with Gasteiger partial charge in [-0.25, -0.2) is 13.2 Å². The van der Waals surface area contributed by atoms with Gasteiger partial charge in [0.2, 0.25) is 15.9 Å². The normalized spacial score (nSPS) is 17.2. The molecule has 0 unspecified atom stereocenters. The molecule has 4 amide bonds. The zero-order valence-corrected chi connectivity index (χ0v) is 17.3. The van der Waals surface area contributed by atoms with E-state index in [1.54, 1.807) is 29.2 Å². The van der Waals surface area contributed by atoms with Crippen molar-refractivity contribution in [1.29, 1.82) is 0 Å². The Kier molecular flexibility index (Phi) is 5.61. The van der Waals surface area contributed by atoms with Gasteiger partial charge in [-0.05, 0) is 48.5 Å². The number of nitrogens with zero attached hydrogens (tertiary/aromatic N) is 2.